The third kappa shape index (κ3) is 1.62. The molecule has 0 radical (unpaired) electrons. The highest BCUT2D eigenvalue weighted by atomic mass is 19.1. The minimum absolute atomic E-state index is 0.156. The van der Waals surface area contributed by atoms with Gasteiger partial charge in [-0.3, -0.25) is 10.1 Å². The van der Waals surface area contributed by atoms with Gasteiger partial charge in [-0.1, -0.05) is 0 Å². The van der Waals surface area contributed by atoms with Gasteiger partial charge in [0.05, 0.1) is 4.92 Å². The Labute approximate surface area is 85.0 Å². The van der Waals surface area contributed by atoms with E-state index in [2.05, 4.69) is 4.98 Å². The van der Waals surface area contributed by atoms with E-state index < -0.39 is 22.2 Å². The van der Waals surface area contributed by atoms with E-state index in [0.29, 0.717) is 12.0 Å². The molecule has 2 rings (SSSR count). The summed E-state index contributed by atoms with van der Waals surface area (Å²) in [6, 6.07) is 1.19. The summed E-state index contributed by atoms with van der Waals surface area (Å²) < 4.78 is 18.5. The predicted octanol–water partition coefficient (Wildman–Crippen LogP) is 1.84. The summed E-state index contributed by atoms with van der Waals surface area (Å²) in [4.78, 5) is 13.1. The molecular formula is C9H9FN2O3. The van der Waals surface area contributed by atoms with E-state index in [1.807, 2.05) is 13.8 Å². The average Bonchev–Trinajstić information content (AvgIpc) is 2.36. The molecule has 0 saturated heterocycles. The molecule has 5 nitrogen and oxygen atoms in total. The van der Waals surface area contributed by atoms with E-state index in [1.54, 1.807) is 0 Å². The Bertz CT molecular complexity index is 445. The number of hydrogen-bond donors (Lipinski definition) is 0. The molecule has 6 heteroatoms. The summed E-state index contributed by atoms with van der Waals surface area (Å²) in [6.07, 6.45) is 0.496. The maximum absolute atomic E-state index is 13.1. The van der Waals surface area contributed by atoms with E-state index in [9.17, 15) is 14.5 Å². The Hall–Kier alpha value is -1.72. The van der Waals surface area contributed by atoms with Crippen LogP contribution in [0.1, 0.15) is 19.4 Å². The zero-order chi connectivity index (χ0) is 11.2. The molecule has 1 aliphatic heterocycles. The SMILES string of the molecule is CC1(C)Cc2cc([N+](=O)[O-])c(F)nc2O1. The minimum atomic E-state index is -1.10. The van der Waals surface area contributed by atoms with Crippen molar-refractivity contribution in [3.05, 3.63) is 27.7 Å². The standard InChI is InChI=1S/C9H9FN2O3/c1-9(2)4-5-3-6(12(13)14)7(10)11-8(5)15-9/h3H,4H2,1-2H3. The van der Waals surface area contributed by atoms with Gasteiger partial charge in [-0.15, -0.1) is 0 Å². The first-order valence-electron chi connectivity index (χ1n) is 4.42. The number of hydrogen-bond acceptors (Lipinski definition) is 4. The van der Waals surface area contributed by atoms with E-state index in [0.717, 1.165) is 0 Å². The Morgan fingerprint density at radius 1 is 1.67 bits per heavy atom. The van der Waals surface area contributed by atoms with Crippen LogP contribution in [0.3, 0.4) is 0 Å². The third-order valence-electron chi connectivity index (χ3n) is 2.18. The van der Waals surface area contributed by atoms with E-state index in [1.165, 1.54) is 6.07 Å². The number of aromatic nitrogens is 1. The highest BCUT2D eigenvalue weighted by Crippen LogP contribution is 2.35. The largest absolute Gasteiger partial charge is 0.471 e. The van der Waals surface area contributed by atoms with Crippen molar-refractivity contribution in [2.75, 3.05) is 0 Å². The van der Waals surface area contributed by atoms with Crippen LogP contribution in [-0.4, -0.2) is 15.5 Å². The predicted molar refractivity (Wildman–Crippen MR) is 49.3 cm³/mol. The van der Waals surface area contributed by atoms with Gasteiger partial charge in [0.2, 0.25) is 5.88 Å². The Balaban J connectivity index is 2.50. The zero-order valence-electron chi connectivity index (χ0n) is 8.28. The molecule has 80 valence electrons. The fourth-order valence-corrected chi connectivity index (χ4v) is 1.60. The van der Waals surface area contributed by atoms with Crippen LogP contribution in [0.15, 0.2) is 6.07 Å². The third-order valence-corrected chi connectivity index (χ3v) is 2.18. The number of ether oxygens (including phenoxy) is 1. The molecule has 1 aliphatic rings. The first-order chi connectivity index (χ1) is 6.89. The molecular weight excluding hydrogens is 203 g/mol. The van der Waals surface area contributed by atoms with Gasteiger partial charge < -0.3 is 4.74 Å². The van der Waals surface area contributed by atoms with Crippen molar-refractivity contribution in [1.29, 1.82) is 0 Å². The second-order valence-corrected chi connectivity index (χ2v) is 4.06. The normalized spacial score (nSPS) is 17.0. The van der Waals surface area contributed by atoms with E-state index in [4.69, 9.17) is 4.74 Å². The maximum atomic E-state index is 13.1. The van der Waals surface area contributed by atoms with Crippen molar-refractivity contribution in [3.8, 4) is 5.88 Å². The van der Waals surface area contributed by atoms with Gasteiger partial charge in [0.1, 0.15) is 5.60 Å². The van der Waals surface area contributed by atoms with Crippen LogP contribution >= 0.6 is 0 Å². The lowest BCUT2D eigenvalue weighted by molar-refractivity contribution is -0.388. The van der Waals surface area contributed by atoms with Crippen LogP contribution in [0.4, 0.5) is 10.1 Å². The smallest absolute Gasteiger partial charge is 0.324 e. The molecule has 0 bridgehead atoms. The molecule has 2 heterocycles. The molecule has 0 N–H and O–H groups in total. The molecule has 0 saturated carbocycles. The van der Waals surface area contributed by atoms with Gasteiger partial charge in [0, 0.05) is 18.1 Å². The van der Waals surface area contributed by atoms with E-state index >= 15 is 0 Å². The second-order valence-electron chi connectivity index (χ2n) is 4.06. The van der Waals surface area contributed by atoms with Crippen molar-refractivity contribution < 1.29 is 14.1 Å². The number of halogens is 1. The zero-order valence-corrected chi connectivity index (χ0v) is 8.28. The summed E-state index contributed by atoms with van der Waals surface area (Å²) in [5.41, 5.74) is -0.500. The van der Waals surface area contributed by atoms with Gasteiger partial charge in [-0.25, -0.2) is 0 Å². The van der Waals surface area contributed by atoms with Crippen LogP contribution in [0.2, 0.25) is 0 Å². The lowest BCUT2D eigenvalue weighted by Crippen LogP contribution is -2.24. The molecule has 0 unspecified atom stereocenters. The second kappa shape index (κ2) is 2.88. The monoisotopic (exact) mass is 212 g/mol. The van der Waals surface area contributed by atoms with Gasteiger partial charge in [0.25, 0.3) is 5.95 Å². The van der Waals surface area contributed by atoms with Crippen molar-refractivity contribution in [3.63, 3.8) is 0 Å². The van der Waals surface area contributed by atoms with Gasteiger partial charge in [-0.2, -0.15) is 9.37 Å². The summed E-state index contributed by atoms with van der Waals surface area (Å²) in [6.45, 7) is 3.64. The van der Waals surface area contributed by atoms with Gasteiger partial charge in [-0.05, 0) is 13.8 Å². The summed E-state index contributed by atoms with van der Waals surface area (Å²) in [5, 5.41) is 10.5. The van der Waals surface area contributed by atoms with Crippen molar-refractivity contribution >= 4 is 5.69 Å². The molecule has 0 spiro atoms. The average molecular weight is 212 g/mol. The van der Waals surface area contributed by atoms with Crippen LogP contribution < -0.4 is 4.74 Å². The number of rotatable bonds is 1. The fourth-order valence-electron chi connectivity index (χ4n) is 1.60. The van der Waals surface area contributed by atoms with Gasteiger partial charge >= 0.3 is 5.69 Å². The number of nitrogens with zero attached hydrogens (tertiary/aromatic N) is 2. The van der Waals surface area contributed by atoms with Gasteiger partial charge in [0.15, 0.2) is 0 Å². The first kappa shape index (κ1) is 9.82. The summed E-state index contributed by atoms with van der Waals surface area (Å²) >= 11 is 0. The summed E-state index contributed by atoms with van der Waals surface area (Å²) in [7, 11) is 0. The molecule has 0 atom stereocenters. The van der Waals surface area contributed by atoms with Crippen molar-refractivity contribution in [2.45, 2.75) is 25.9 Å². The topological polar surface area (TPSA) is 65.3 Å². The maximum Gasteiger partial charge on any atom is 0.324 e. The van der Waals surface area contributed by atoms with Crippen LogP contribution in [0, 0.1) is 16.1 Å². The Morgan fingerprint density at radius 2 is 2.33 bits per heavy atom. The molecule has 0 aliphatic carbocycles. The Kier molecular flexibility index (Phi) is 1.89. The van der Waals surface area contributed by atoms with Crippen LogP contribution in [0.25, 0.3) is 0 Å². The number of fused-ring (bicyclic) bond motifs is 1. The molecule has 1 aromatic rings. The fraction of sp³-hybridized carbons (Fsp3) is 0.444. The first-order valence-corrected chi connectivity index (χ1v) is 4.42. The minimum Gasteiger partial charge on any atom is -0.471 e. The molecule has 0 aromatic carbocycles. The quantitative estimate of drug-likeness (QED) is 0.404. The lowest BCUT2D eigenvalue weighted by Gasteiger charge is -2.15. The molecule has 1 aromatic heterocycles. The lowest BCUT2D eigenvalue weighted by atomic mass is 10.0. The Morgan fingerprint density at radius 3 is 2.93 bits per heavy atom. The van der Waals surface area contributed by atoms with E-state index in [-0.39, 0.29) is 5.88 Å². The summed E-state index contributed by atoms with van der Waals surface area (Å²) in [5.74, 6) is -0.945. The van der Waals surface area contributed by atoms with Crippen LogP contribution in [0.5, 0.6) is 5.88 Å². The highest BCUT2D eigenvalue weighted by molar-refractivity contribution is 5.42. The molecule has 0 amide bonds. The van der Waals surface area contributed by atoms with Crippen molar-refractivity contribution in [1.82, 2.24) is 4.98 Å². The highest BCUT2D eigenvalue weighted by Gasteiger charge is 2.34. The molecule has 0 fully saturated rings. The van der Waals surface area contributed by atoms with Crippen LogP contribution in [-0.2, 0) is 6.42 Å². The number of nitro groups is 1. The molecule has 15 heavy (non-hydrogen) atoms. The number of pyridine rings is 1. The van der Waals surface area contributed by atoms with Crippen molar-refractivity contribution in [2.24, 2.45) is 0 Å².